The molecule has 1 aromatic rings. The van der Waals surface area contributed by atoms with Gasteiger partial charge in [0.05, 0.1) is 12.2 Å². The van der Waals surface area contributed by atoms with E-state index in [9.17, 15) is 14.4 Å². The maximum atomic E-state index is 12.5. The van der Waals surface area contributed by atoms with Gasteiger partial charge in [-0.15, -0.1) is 11.3 Å². The van der Waals surface area contributed by atoms with E-state index in [1.165, 1.54) is 15.3 Å². The van der Waals surface area contributed by atoms with E-state index in [-0.39, 0.29) is 23.8 Å². The number of carbonyl (C=O) groups is 3. The average Bonchev–Trinajstić information content (AvgIpc) is 3.29. The highest BCUT2D eigenvalue weighted by atomic mass is 32.1. The molecule has 168 valence electrons. The molecule has 3 saturated heterocycles. The molecule has 1 spiro atoms. The summed E-state index contributed by atoms with van der Waals surface area (Å²) in [7, 11) is 0. The first-order chi connectivity index (χ1) is 14.9. The Kier molecular flexibility index (Phi) is 5.43. The summed E-state index contributed by atoms with van der Waals surface area (Å²) in [5.74, 6) is -1.38. The highest BCUT2D eigenvalue weighted by molar-refractivity contribution is 7.12. The van der Waals surface area contributed by atoms with Gasteiger partial charge in [-0.1, -0.05) is 6.92 Å². The first kappa shape index (κ1) is 21.1. The Hall–Kier alpha value is -1.77. The summed E-state index contributed by atoms with van der Waals surface area (Å²) in [6, 6.07) is 2.81. The van der Waals surface area contributed by atoms with Crippen molar-refractivity contribution in [1.29, 1.82) is 0 Å². The van der Waals surface area contributed by atoms with Crippen LogP contribution in [0.1, 0.15) is 48.4 Å². The minimum Gasteiger partial charge on any atom is -0.370 e. The standard InChI is InChI=1S/C23H31N3O4S/c1-3-16-8-18-19(31-16)4-7-30-23(18)5-6-25(14(2)10-23)11-15-12-26(13-15)22(29)17-9-20(27)24-21(17)28/h8,14-15,17H,3-7,9-13H2,1-2H3,(H,24,27,28)/t14-,17?,23+/m0/s1. The van der Waals surface area contributed by atoms with Gasteiger partial charge in [0.1, 0.15) is 5.92 Å². The number of piperidine rings is 1. The molecule has 31 heavy (non-hydrogen) atoms. The van der Waals surface area contributed by atoms with Crippen molar-refractivity contribution >= 4 is 29.1 Å². The SMILES string of the molecule is CCc1cc2c(s1)CCO[C@@]21CCN(CC2CN(C(=O)C3CC(=O)NC3=O)C2)[C@@H](C)C1. The molecule has 0 aromatic carbocycles. The van der Waals surface area contributed by atoms with E-state index < -0.39 is 11.8 Å². The second-order valence-electron chi connectivity index (χ2n) is 9.57. The molecule has 4 aliphatic heterocycles. The van der Waals surface area contributed by atoms with Crippen molar-refractivity contribution in [3.63, 3.8) is 0 Å². The quantitative estimate of drug-likeness (QED) is 0.564. The lowest BCUT2D eigenvalue weighted by molar-refractivity contribution is -0.147. The van der Waals surface area contributed by atoms with Gasteiger partial charge in [0, 0.05) is 60.7 Å². The molecule has 0 bridgehead atoms. The van der Waals surface area contributed by atoms with Gasteiger partial charge in [0.15, 0.2) is 0 Å². The van der Waals surface area contributed by atoms with Crippen molar-refractivity contribution in [2.45, 2.75) is 57.6 Å². The number of amides is 3. The summed E-state index contributed by atoms with van der Waals surface area (Å²) in [5, 5.41) is 2.23. The minimum absolute atomic E-state index is 0.00556. The van der Waals surface area contributed by atoms with Crippen LogP contribution < -0.4 is 5.32 Å². The topological polar surface area (TPSA) is 79.0 Å². The third kappa shape index (κ3) is 3.72. The maximum Gasteiger partial charge on any atom is 0.239 e. The third-order valence-electron chi connectivity index (χ3n) is 7.49. The van der Waals surface area contributed by atoms with Crippen molar-refractivity contribution in [3.8, 4) is 0 Å². The molecule has 0 radical (unpaired) electrons. The van der Waals surface area contributed by atoms with Crippen LogP contribution in [0.15, 0.2) is 6.07 Å². The summed E-state index contributed by atoms with van der Waals surface area (Å²) in [4.78, 5) is 42.9. The monoisotopic (exact) mass is 445 g/mol. The number of aryl methyl sites for hydroxylation is 1. The zero-order valence-electron chi connectivity index (χ0n) is 18.3. The Morgan fingerprint density at radius 2 is 2.16 bits per heavy atom. The van der Waals surface area contributed by atoms with Crippen LogP contribution in [0.3, 0.4) is 0 Å². The van der Waals surface area contributed by atoms with Crippen LogP contribution in [0, 0.1) is 11.8 Å². The largest absolute Gasteiger partial charge is 0.370 e. The number of imide groups is 1. The Labute approximate surface area is 187 Å². The number of hydrogen-bond donors (Lipinski definition) is 1. The number of carbonyl (C=O) groups excluding carboxylic acids is 3. The maximum absolute atomic E-state index is 12.5. The Bertz CT molecular complexity index is 909. The fraction of sp³-hybridized carbons (Fsp3) is 0.696. The van der Waals surface area contributed by atoms with Gasteiger partial charge >= 0.3 is 0 Å². The van der Waals surface area contributed by atoms with Crippen molar-refractivity contribution in [2.24, 2.45) is 11.8 Å². The molecule has 5 rings (SSSR count). The Morgan fingerprint density at radius 1 is 1.35 bits per heavy atom. The molecule has 3 fully saturated rings. The number of likely N-dealkylation sites (tertiary alicyclic amines) is 2. The average molecular weight is 446 g/mol. The predicted molar refractivity (Wildman–Crippen MR) is 117 cm³/mol. The minimum atomic E-state index is -0.821. The van der Waals surface area contributed by atoms with Crippen molar-refractivity contribution in [2.75, 3.05) is 32.8 Å². The van der Waals surface area contributed by atoms with Gasteiger partial charge in [-0.05, 0) is 37.8 Å². The van der Waals surface area contributed by atoms with E-state index in [1.54, 1.807) is 4.90 Å². The van der Waals surface area contributed by atoms with Crippen LogP contribution in [0.5, 0.6) is 0 Å². The molecule has 8 heteroatoms. The van der Waals surface area contributed by atoms with Crippen LogP contribution in [0.4, 0.5) is 0 Å². The lowest BCUT2D eigenvalue weighted by atomic mass is 9.79. The Morgan fingerprint density at radius 3 is 2.84 bits per heavy atom. The number of nitrogens with zero attached hydrogens (tertiary/aromatic N) is 2. The highest BCUT2D eigenvalue weighted by Crippen LogP contribution is 2.46. The fourth-order valence-electron chi connectivity index (χ4n) is 5.72. The van der Waals surface area contributed by atoms with Crippen LogP contribution in [-0.4, -0.2) is 66.3 Å². The van der Waals surface area contributed by atoms with Gasteiger partial charge in [0.2, 0.25) is 17.7 Å². The molecule has 3 atom stereocenters. The van der Waals surface area contributed by atoms with Crippen LogP contribution in [-0.2, 0) is 37.6 Å². The summed E-state index contributed by atoms with van der Waals surface area (Å²) in [5.41, 5.74) is 1.31. The zero-order valence-corrected chi connectivity index (χ0v) is 19.1. The molecular weight excluding hydrogens is 414 g/mol. The summed E-state index contributed by atoms with van der Waals surface area (Å²) < 4.78 is 6.44. The van der Waals surface area contributed by atoms with E-state index in [2.05, 4.69) is 30.1 Å². The van der Waals surface area contributed by atoms with Crippen molar-refractivity contribution in [3.05, 3.63) is 21.4 Å². The number of nitrogens with one attached hydrogen (secondary N) is 1. The summed E-state index contributed by atoms with van der Waals surface area (Å²) in [6.45, 7) is 8.66. The van der Waals surface area contributed by atoms with Gasteiger partial charge in [-0.3, -0.25) is 19.7 Å². The molecule has 7 nitrogen and oxygen atoms in total. The van der Waals surface area contributed by atoms with E-state index >= 15 is 0 Å². The van der Waals surface area contributed by atoms with Gasteiger partial charge < -0.3 is 14.5 Å². The number of rotatable bonds is 4. The molecule has 5 heterocycles. The zero-order chi connectivity index (χ0) is 21.8. The Balaban J connectivity index is 1.16. The van der Waals surface area contributed by atoms with E-state index in [1.807, 2.05) is 11.3 Å². The van der Waals surface area contributed by atoms with Gasteiger partial charge in [0.25, 0.3) is 0 Å². The van der Waals surface area contributed by atoms with Crippen LogP contribution in [0.2, 0.25) is 0 Å². The predicted octanol–water partition coefficient (Wildman–Crippen LogP) is 1.68. The molecule has 0 saturated carbocycles. The molecule has 1 aromatic heterocycles. The number of hydrogen-bond acceptors (Lipinski definition) is 6. The van der Waals surface area contributed by atoms with Crippen LogP contribution >= 0.6 is 11.3 Å². The van der Waals surface area contributed by atoms with Crippen molar-refractivity contribution < 1.29 is 19.1 Å². The highest BCUT2D eigenvalue weighted by Gasteiger charge is 2.46. The molecule has 1 N–H and O–H groups in total. The number of thiophene rings is 1. The normalized spacial score (nSPS) is 31.6. The molecule has 0 aliphatic carbocycles. The smallest absolute Gasteiger partial charge is 0.239 e. The first-order valence-corrected chi connectivity index (χ1v) is 12.3. The second kappa shape index (κ2) is 7.98. The lowest BCUT2D eigenvalue weighted by Gasteiger charge is -2.50. The van der Waals surface area contributed by atoms with Crippen LogP contribution in [0.25, 0.3) is 0 Å². The van der Waals surface area contributed by atoms with Gasteiger partial charge in [-0.2, -0.15) is 0 Å². The van der Waals surface area contributed by atoms with Crippen molar-refractivity contribution in [1.82, 2.24) is 15.1 Å². The molecule has 1 unspecified atom stereocenters. The lowest BCUT2D eigenvalue weighted by Crippen LogP contribution is -2.58. The van der Waals surface area contributed by atoms with E-state index in [4.69, 9.17) is 4.74 Å². The molecule has 4 aliphatic rings. The fourth-order valence-corrected chi connectivity index (χ4v) is 6.89. The third-order valence-corrected chi connectivity index (χ3v) is 8.83. The molecule has 3 amide bonds. The van der Waals surface area contributed by atoms with E-state index in [0.717, 1.165) is 45.4 Å². The number of ether oxygens (including phenoxy) is 1. The van der Waals surface area contributed by atoms with E-state index in [0.29, 0.717) is 25.0 Å². The van der Waals surface area contributed by atoms with Gasteiger partial charge in [-0.25, -0.2) is 0 Å². The molecular formula is C23H31N3O4S. The summed E-state index contributed by atoms with van der Waals surface area (Å²) in [6.07, 6.45) is 4.15. The second-order valence-corrected chi connectivity index (χ2v) is 10.8. The first-order valence-electron chi connectivity index (χ1n) is 11.5. The number of fused-ring (bicyclic) bond motifs is 2. The summed E-state index contributed by atoms with van der Waals surface area (Å²) >= 11 is 1.96.